The molecular formula is C33H46N4O5S. The first kappa shape index (κ1) is 31.8. The summed E-state index contributed by atoms with van der Waals surface area (Å²) in [4.78, 5) is 51.0. The molecule has 3 amide bonds. The van der Waals surface area contributed by atoms with Crippen molar-refractivity contribution in [3.63, 3.8) is 0 Å². The summed E-state index contributed by atoms with van der Waals surface area (Å²) in [6.45, 7) is 14.9. The third kappa shape index (κ3) is 6.03. The van der Waals surface area contributed by atoms with E-state index in [9.17, 15) is 19.5 Å². The minimum absolute atomic E-state index is 0.0302. The number of carbonyl (C=O) groups is 3. The van der Waals surface area contributed by atoms with Gasteiger partial charge < -0.3 is 24.5 Å². The first-order chi connectivity index (χ1) is 20.9. The molecular weight excluding hydrogens is 564 g/mol. The number of thioether (sulfide) groups is 1. The molecule has 5 rings (SSSR count). The van der Waals surface area contributed by atoms with Crippen molar-refractivity contribution < 1.29 is 24.2 Å². The molecule has 2 unspecified atom stereocenters. The SMILES string of the molecule is C=CCN(CCN1CCOCC1)C(=O)C1N([C@@H](CC)CO)C(=O)[C@@H]2[C@H](C(=O)N(CC=C)Cc3ccccc3)[C@@H]3CCC12S3. The second kappa shape index (κ2) is 14.0. The molecule has 0 radical (unpaired) electrons. The van der Waals surface area contributed by atoms with E-state index >= 15 is 0 Å². The highest BCUT2D eigenvalue weighted by Crippen LogP contribution is 2.67. The number of fused-ring (bicyclic) bond motifs is 1. The van der Waals surface area contributed by atoms with E-state index in [-0.39, 0.29) is 29.6 Å². The molecule has 1 aromatic carbocycles. The molecule has 1 spiro atoms. The zero-order valence-electron chi connectivity index (χ0n) is 25.3. The average Bonchev–Trinajstić information content (AvgIpc) is 3.68. The van der Waals surface area contributed by atoms with Crippen molar-refractivity contribution in [1.29, 1.82) is 0 Å². The summed E-state index contributed by atoms with van der Waals surface area (Å²) in [6.07, 6.45) is 5.46. The van der Waals surface area contributed by atoms with Gasteiger partial charge in [-0.15, -0.1) is 24.9 Å². The zero-order valence-corrected chi connectivity index (χ0v) is 26.1. The van der Waals surface area contributed by atoms with Gasteiger partial charge in [0.2, 0.25) is 17.7 Å². The Hall–Kier alpha value is -2.66. The lowest BCUT2D eigenvalue weighted by Gasteiger charge is -2.40. The van der Waals surface area contributed by atoms with Crippen molar-refractivity contribution in [3.8, 4) is 0 Å². The van der Waals surface area contributed by atoms with Crippen LogP contribution >= 0.6 is 11.8 Å². The second-order valence-electron chi connectivity index (χ2n) is 12.1. The molecule has 2 bridgehead atoms. The summed E-state index contributed by atoms with van der Waals surface area (Å²) >= 11 is 1.67. The standard InChI is InChI=1S/C33H46N4O5S/c1-4-14-35(17-16-34-18-20-42-21-19-34)32(41)29-33-13-12-26(43-33)27(28(33)31(40)37(29)25(6-3)23-38)30(39)36(15-5-2)22-24-10-8-7-9-11-24/h4-5,7-11,25-29,38H,1-2,6,12-23H2,3H3/t25-,26-,27+,28-,29?,33?/m0/s1. The van der Waals surface area contributed by atoms with Gasteiger partial charge in [0.25, 0.3) is 0 Å². The van der Waals surface area contributed by atoms with Crippen LogP contribution < -0.4 is 0 Å². The van der Waals surface area contributed by atoms with Gasteiger partial charge in [0.1, 0.15) is 6.04 Å². The number of amides is 3. The number of hydrogen-bond acceptors (Lipinski definition) is 7. The smallest absolute Gasteiger partial charge is 0.247 e. The highest BCUT2D eigenvalue weighted by atomic mass is 32.2. The Bertz CT molecular complexity index is 1170. The van der Waals surface area contributed by atoms with Crippen molar-refractivity contribution in [2.45, 2.75) is 54.8 Å². The number of ether oxygens (including phenoxy) is 1. The molecule has 4 aliphatic heterocycles. The molecule has 4 heterocycles. The van der Waals surface area contributed by atoms with Crippen LogP contribution in [0.5, 0.6) is 0 Å². The Morgan fingerprint density at radius 2 is 1.84 bits per heavy atom. The van der Waals surface area contributed by atoms with E-state index in [1.165, 1.54) is 0 Å². The van der Waals surface area contributed by atoms with Crippen LogP contribution in [0, 0.1) is 11.8 Å². The van der Waals surface area contributed by atoms with Crippen molar-refractivity contribution in [2.75, 3.05) is 59.1 Å². The van der Waals surface area contributed by atoms with E-state index in [2.05, 4.69) is 18.1 Å². The number of morpholine rings is 1. The fourth-order valence-corrected chi connectivity index (χ4v) is 9.76. The lowest BCUT2D eigenvalue weighted by atomic mass is 9.70. The molecule has 0 aliphatic carbocycles. The van der Waals surface area contributed by atoms with Crippen molar-refractivity contribution in [1.82, 2.24) is 19.6 Å². The molecule has 0 aromatic heterocycles. The van der Waals surface area contributed by atoms with Gasteiger partial charge in [-0.1, -0.05) is 49.4 Å². The topological polar surface area (TPSA) is 93.6 Å². The van der Waals surface area contributed by atoms with Crippen LogP contribution in [0.3, 0.4) is 0 Å². The number of nitrogens with zero attached hydrogens (tertiary/aromatic N) is 4. The first-order valence-corrected chi connectivity index (χ1v) is 16.5. The van der Waals surface area contributed by atoms with E-state index in [1.54, 1.807) is 33.7 Å². The number of carbonyl (C=O) groups excluding carboxylic acids is 3. The number of benzene rings is 1. The quantitative estimate of drug-likeness (QED) is 0.324. The summed E-state index contributed by atoms with van der Waals surface area (Å²) in [5, 5.41) is 10.4. The van der Waals surface area contributed by atoms with Gasteiger partial charge in [0.15, 0.2) is 0 Å². The fraction of sp³-hybridized carbons (Fsp3) is 0.606. The molecule has 1 aromatic rings. The Balaban J connectivity index is 1.46. The van der Waals surface area contributed by atoms with Crippen molar-refractivity contribution >= 4 is 29.5 Å². The van der Waals surface area contributed by atoms with Gasteiger partial charge in [0.05, 0.1) is 42.4 Å². The first-order valence-electron chi connectivity index (χ1n) is 15.6. The van der Waals surface area contributed by atoms with E-state index in [0.717, 1.165) is 25.1 Å². The van der Waals surface area contributed by atoms with Gasteiger partial charge in [-0.05, 0) is 24.8 Å². The van der Waals surface area contributed by atoms with Gasteiger partial charge in [-0.2, -0.15) is 0 Å². The van der Waals surface area contributed by atoms with Crippen LogP contribution in [0.4, 0.5) is 0 Å². The Morgan fingerprint density at radius 1 is 1.14 bits per heavy atom. The minimum atomic E-state index is -0.735. The number of likely N-dealkylation sites (tertiary alicyclic amines) is 1. The van der Waals surface area contributed by atoms with Gasteiger partial charge in [0, 0.05) is 51.1 Å². The third-order valence-electron chi connectivity index (χ3n) is 9.66. The number of rotatable bonds is 14. The monoisotopic (exact) mass is 610 g/mol. The lowest BCUT2D eigenvalue weighted by molar-refractivity contribution is -0.147. The highest BCUT2D eigenvalue weighted by Gasteiger charge is 2.74. The predicted octanol–water partition coefficient (Wildman–Crippen LogP) is 2.41. The van der Waals surface area contributed by atoms with Gasteiger partial charge in [-0.25, -0.2) is 0 Å². The molecule has 234 valence electrons. The maximum Gasteiger partial charge on any atom is 0.247 e. The summed E-state index contributed by atoms with van der Waals surface area (Å²) in [6, 6.07) is 8.63. The van der Waals surface area contributed by atoms with Crippen molar-refractivity contribution in [3.05, 3.63) is 61.2 Å². The number of hydrogen-bond donors (Lipinski definition) is 1. The number of aliphatic hydroxyl groups excluding tert-OH is 1. The zero-order chi connectivity index (χ0) is 30.6. The van der Waals surface area contributed by atoms with E-state index < -0.39 is 28.7 Å². The summed E-state index contributed by atoms with van der Waals surface area (Å²) < 4.78 is 4.79. The number of aliphatic hydroxyl groups is 1. The van der Waals surface area contributed by atoms with E-state index in [4.69, 9.17) is 4.74 Å². The summed E-state index contributed by atoms with van der Waals surface area (Å²) in [5.74, 6) is -1.46. The molecule has 6 atom stereocenters. The maximum atomic E-state index is 14.6. The Morgan fingerprint density at radius 3 is 2.49 bits per heavy atom. The fourth-order valence-electron chi connectivity index (χ4n) is 7.57. The predicted molar refractivity (Wildman–Crippen MR) is 168 cm³/mol. The average molecular weight is 611 g/mol. The van der Waals surface area contributed by atoms with Gasteiger partial charge >= 0.3 is 0 Å². The van der Waals surface area contributed by atoms with Crippen LogP contribution in [0.15, 0.2) is 55.6 Å². The molecule has 4 fully saturated rings. The van der Waals surface area contributed by atoms with Crippen LogP contribution in [-0.2, 0) is 25.7 Å². The molecule has 10 heteroatoms. The molecule has 0 saturated carbocycles. The van der Waals surface area contributed by atoms with Crippen LogP contribution in [0.1, 0.15) is 31.7 Å². The largest absolute Gasteiger partial charge is 0.394 e. The van der Waals surface area contributed by atoms with E-state index in [1.807, 2.05) is 42.2 Å². The molecule has 43 heavy (non-hydrogen) atoms. The molecule has 9 nitrogen and oxygen atoms in total. The van der Waals surface area contributed by atoms with Crippen LogP contribution in [0.25, 0.3) is 0 Å². The molecule has 4 saturated heterocycles. The van der Waals surface area contributed by atoms with Gasteiger partial charge in [-0.3, -0.25) is 19.3 Å². The van der Waals surface area contributed by atoms with Crippen LogP contribution in [-0.4, -0.2) is 124 Å². The molecule has 1 N–H and O–H groups in total. The summed E-state index contributed by atoms with van der Waals surface area (Å²) in [7, 11) is 0. The second-order valence-corrected chi connectivity index (χ2v) is 13.7. The Kier molecular flexibility index (Phi) is 10.3. The lowest BCUT2D eigenvalue weighted by Crippen LogP contribution is -2.58. The third-order valence-corrected chi connectivity index (χ3v) is 11.6. The minimum Gasteiger partial charge on any atom is -0.394 e. The van der Waals surface area contributed by atoms with E-state index in [0.29, 0.717) is 58.8 Å². The normalized spacial score (nSPS) is 28.9. The maximum absolute atomic E-state index is 14.6. The van der Waals surface area contributed by atoms with Crippen LogP contribution in [0.2, 0.25) is 0 Å². The summed E-state index contributed by atoms with van der Waals surface area (Å²) in [5.41, 5.74) is 1.02. The van der Waals surface area contributed by atoms with Crippen molar-refractivity contribution in [2.24, 2.45) is 11.8 Å². The highest BCUT2D eigenvalue weighted by molar-refractivity contribution is 8.02. The Labute approximate surface area is 259 Å². The molecule has 4 aliphatic rings.